The normalized spacial score (nSPS) is 9.30. The molecule has 0 atom stereocenters. The summed E-state index contributed by atoms with van der Waals surface area (Å²) in [6, 6.07) is 6.67. The summed E-state index contributed by atoms with van der Waals surface area (Å²) in [4.78, 5) is 10.6. The average Bonchev–Trinajstić information content (AvgIpc) is 1.88. The Morgan fingerprint density at radius 2 is 2.10 bits per heavy atom. The van der Waals surface area contributed by atoms with Gasteiger partial charge >= 0.3 is 1.43 Å². The first-order valence-corrected chi connectivity index (χ1v) is 3.14. The van der Waals surface area contributed by atoms with Gasteiger partial charge in [0.25, 0.3) is 0 Å². The van der Waals surface area contributed by atoms with Crippen molar-refractivity contribution in [1.82, 2.24) is 0 Å². The Kier molecular flexibility index (Phi) is 1.92. The summed E-state index contributed by atoms with van der Waals surface area (Å²) in [5, 5.41) is 0.398. The van der Waals surface area contributed by atoms with Crippen LogP contribution in [0.1, 0.15) is 11.8 Å². The third-order valence-electron chi connectivity index (χ3n) is 1.14. The summed E-state index contributed by atoms with van der Waals surface area (Å²) in [5.74, 6) is -0.495. The molecule has 0 aliphatic heterocycles. The number of hydrogen-bond donors (Lipinski definition) is 1. The van der Waals surface area contributed by atoms with Crippen molar-refractivity contribution in [2.45, 2.75) is 0 Å². The van der Waals surface area contributed by atoms with E-state index in [-0.39, 0.29) is 1.43 Å². The van der Waals surface area contributed by atoms with Crippen LogP contribution in [0.3, 0.4) is 0 Å². The zero-order valence-electron chi connectivity index (χ0n) is 6.17. The van der Waals surface area contributed by atoms with Crippen molar-refractivity contribution in [2.75, 3.05) is 0 Å². The lowest BCUT2D eigenvalue weighted by molar-refractivity contribution is 0.100. The molecule has 0 fully saturated rings. The molecule has 0 saturated heterocycles. The number of primary amides is 1. The monoisotopic (exact) mass is 156 g/mol. The highest BCUT2D eigenvalue weighted by Crippen LogP contribution is 2.13. The van der Waals surface area contributed by atoms with Crippen LogP contribution in [0.15, 0.2) is 24.3 Å². The van der Waals surface area contributed by atoms with Gasteiger partial charge in [0.2, 0.25) is 5.91 Å². The van der Waals surface area contributed by atoms with Crippen molar-refractivity contribution in [2.24, 2.45) is 5.73 Å². The largest absolute Gasteiger partial charge is 1.00 e. The molecule has 2 N–H and O–H groups in total. The topological polar surface area (TPSA) is 43.1 Å². The van der Waals surface area contributed by atoms with Crippen LogP contribution in [0.25, 0.3) is 0 Å². The molecule has 52 valence electrons. The third-order valence-corrected chi connectivity index (χ3v) is 1.47. The Morgan fingerprint density at radius 3 is 2.50 bits per heavy atom. The number of nitrogens with two attached hydrogens (primary N) is 1. The zero-order chi connectivity index (χ0) is 7.56. The molecule has 2 nitrogen and oxygen atoms in total. The Bertz CT molecular complexity index is 264. The van der Waals surface area contributed by atoms with E-state index in [4.69, 9.17) is 17.3 Å². The highest BCUT2D eigenvalue weighted by Gasteiger charge is 2.02. The van der Waals surface area contributed by atoms with Crippen molar-refractivity contribution in [3.05, 3.63) is 34.9 Å². The van der Waals surface area contributed by atoms with E-state index in [0.717, 1.165) is 0 Å². The molecule has 0 heterocycles. The first kappa shape index (κ1) is 7.09. The summed E-state index contributed by atoms with van der Waals surface area (Å²) < 4.78 is 0. The number of halogens is 1. The number of benzene rings is 1. The lowest BCUT2D eigenvalue weighted by atomic mass is 10.2. The van der Waals surface area contributed by atoms with Crippen LogP contribution >= 0.6 is 11.6 Å². The van der Waals surface area contributed by atoms with Crippen LogP contribution in [0.2, 0.25) is 5.02 Å². The molecule has 10 heavy (non-hydrogen) atoms. The van der Waals surface area contributed by atoms with Crippen molar-refractivity contribution in [3.8, 4) is 0 Å². The molecule has 1 aromatic rings. The number of amides is 1. The Hall–Kier alpha value is -1.02. The highest BCUT2D eigenvalue weighted by molar-refractivity contribution is 6.33. The second-order valence-corrected chi connectivity index (χ2v) is 2.25. The van der Waals surface area contributed by atoms with E-state index >= 15 is 0 Å². The fraction of sp³-hybridized carbons (Fsp3) is 0. The number of rotatable bonds is 1. The van der Waals surface area contributed by atoms with Gasteiger partial charge in [-0.15, -0.1) is 0 Å². The Morgan fingerprint density at radius 1 is 1.50 bits per heavy atom. The van der Waals surface area contributed by atoms with Gasteiger partial charge in [-0.05, 0) is 12.1 Å². The predicted octanol–water partition coefficient (Wildman–Crippen LogP) is 1.55. The van der Waals surface area contributed by atoms with Gasteiger partial charge in [0, 0.05) is 0 Å². The first-order valence-electron chi connectivity index (χ1n) is 2.76. The van der Waals surface area contributed by atoms with Crippen LogP contribution in [0.4, 0.5) is 0 Å². The van der Waals surface area contributed by atoms with Gasteiger partial charge in [0.15, 0.2) is 0 Å². The molecule has 0 aromatic heterocycles. The Balaban J connectivity index is 0.000001000. The molecule has 0 saturated carbocycles. The van der Waals surface area contributed by atoms with E-state index in [0.29, 0.717) is 10.6 Å². The maximum absolute atomic E-state index is 10.6. The van der Waals surface area contributed by atoms with E-state index in [1.54, 1.807) is 24.3 Å². The smallest absolute Gasteiger partial charge is 0.366 e. The molecular formula is C7H7ClNO+. The van der Waals surface area contributed by atoms with Crippen LogP contribution in [-0.2, 0) is 0 Å². The van der Waals surface area contributed by atoms with Crippen molar-refractivity contribution >= 4 is 17.5 Å². The van der Waals surface area contributed by atoms with Crippen LogP contribution in [0.5, 0.6) is 0 Å². The minimum absolute atomic E-state index is 0. The van der Waals surface area contributed by atoms with E-state index < -0.39 is 5.91 Å². The summed E-state index contributed by atoms with van der Waals surface area (Å²) in [7, 11) is 0. The lowest BCUT2D eigenvalue weighted by Gasteiger charge is -1.95. The predicted molar refractivity (Wildman–Crippen MR) is 41.1 cm³/mol. The molecule has 1 rings (SSSR count). The number of carbonyl (C=O) groups is 1. The standard InChI is InChI=1S/C7H6ClNO/c8-6-4-2-1-3-5(6)7(9)10/h1-4H,(H2,9,10)/p+1. The maximum atomic E-state index is 10.6. The van der Waals surface area contributed by atoms with Crippen molar-refractivity contribution in [3.63, 3.8) is 0 Å². The Labute approximate surface area is 65.1 Å². The molecule has 3 heteroatoms. The van der Waals surface area contributed by atoms with Crippen molar-refractivity contribution < 1.29 is 6.22 Å². The highest BCUT2D eigenvalue weighted by atomic mass is 35.5. The maximum Gasteiger partial charge on any atom is 1.00 e. The lowest BCUT2D eigenvalue weighted by Crippen LogP contribution is -2.10. The molecule has 0 aliphatic carbocycles. The number of hydrogen-bond acceptors (Lipinski definition) is 1. The average molecular weight is 157 g/mol. The van der Waals surface area contributed by atoms with Gasteiger partial charge in [-0.25, -0.2) is 0 Å². The molecule has 0 radical (unpaired) electrons. The van der Waals surface area contributed by atoms with E-state index in [1.165, 1.54) is 0 Å². The van der Waals surface area contributed by atoms with Gasteiger partial charge in [0.05, 0.1) is 10.6 Å². The van der Waals surface area contributed by atoms with E-state index in [1.807, 2.05) is 0 Å². The molecule has 0 bridgehead atoms. The fourth-order valence-corrected chi connectivity index (χ4v) is 0.890. The van der Waals surface area contributed by atoms with Crippen LogP contribution in [0, 0.1) is 0 Å². The minimum Gasteiger partial charge on any atom is -0.366 e. The van der Waals surface area contributed by atoms with E-state index in [9.17, 15) is 4.79 Å². The van der Waals surface area contributed by atoms with Gasteiger partial charge in [-0.3, -0.25) is 4.79 Å². The summed E-state index contributed by atoms with van der Waals surface area (Å²) in [6.45, 7) is 0. The van der Waals surface area contributed by atoms with Gasteiger partial charge in [-0.2, -0.15) is 0 Å². The second kappa shape index (κ2) is 2.71. The summed E-state index contributed by atoms with van der Waals surface area (Å²) in [6.07, 6.45) is 0. The molecule has 0 aliphatic rings. The minimum atomic E-state index is -0.495. The third kappa shape index (κ3) is 1.28. The van der Waals surface area contributed by atoms with Gasteiger partial charge in [-0.1, -0.05) is 23.7 Å². The molecule has 0 unspecified atom stereocenters. The SMILES string of the molecule is NC(=O)c1ccccc1Cl.[H+]. The molecule has 1 aromatic carbocycles. The molecule has 0 spiro atoms. The fourth-order valence-electron chi connectivity index (χ4n) is 0.661. The van der Waals surface area contributed by atoms with Crippen molar-refractivity contribution in [1.29, 1.82) is 0 Å². The van der Waals surface area contributed by atoms with Crippen LogP contribution in [-0.4, -0.2) is 5.91 Å². The zero-order valence-corrected chi connectivity index (χ0v) is 5.93. The summed E-state index contributed by atoms with van der Waals surface area (Å²) >= 11 is 5.62. The molecular weight excluding hydrogens is 150 g/mol. The van der Waals surface area contributed by atoms with Gasteiger partial charge in [0.1, 0.15) is 0 Å². The second-order valence-electron chi connectivity index (χ2n) is 1.84. The van der Waals surface area contributed by atoms with Gasteiger partial charge < -0.3 is 5.73 Å². The molecule has 1 amide bonds. The number of carbonyl (C=O) groups excluding carboxylic acids is 1. The first-order chi connectivity index (χ1) is 4.72. The summed E-state index contributed by atoms with van der Waals surface area (Å²) in [5.41, 5.74) is 5.36. The van der Waals surface area contributed by atoms with E-state index in [2.05, 4.69) is 0 Å². The quantitative estimate of drug-likeness (QED) is 0.659. The van der Waals surface area contributed by atoms with Crippen LogP contribution < -0.4 is 5.73 Å².